The van der Waals surface area contributed by atoms with Gasteiger partial charge in [-0.05, 0) is 17.7 Å². The number of aliphatic hydroxyl groups excluding tert-OH is 1. The molecule has 1 heterocycles. The lowest BCUT2D eigenvalue weighted by molar-refractivity contribution is 0.103. The van der Waals surface area contributed by atoms with Crippen LogP contribution in [0.5, 0.6) is 11.5 Å². The second-order valence-corrected chi connectivity index (χ2v) is 7.83. The summed E-state index contributed by atoms with van der Waals surface area (Å²) in [6, 6.07) is 22.2. The van der Waals surface area contributed by atoms with E-state index in [2.05, 4.69) is 10.2 Å². The van der Waals surface area contributed by atoms with Gasteiger partial charge in [-0.2, -0.15) is 10.2 Å². The number of ketones is 1. The van der Waals surface area contributed by atoms with E-state index < -0.39 is 6.04 Å². The number of para-hydroxylation sites is 1. The fourth-order valence-electron chi connectivity index (χ4n) is 4.48. The van der Waals surface area contributed by atoms with Gasteiger partial charge in [0.1, 0.15) is 11.8 Å². The van der Waals surface area contributed by atoms with Crippen LogP contribution in [0.25, 0.3) is 5.76 Å². The summed E-state index contributed by atoms with van der Waals surface area (Å²) in [4.78, 5) is 13.1. The van der Waals surface area contributed by atoms with Gasteiger partial charge in [-0.1, -0.05) is 66.7 Å². The predicted octanol–water partition coefficient (Wildman–Crippen LogP) is 6.04. The van der Waals surface area contributed by atoms with Crippen LogP contribution in [-0.4, -0.2) is 25.1 Å². The monoisotopic (exact) mass is 438 g/mol. The lowest BCUT2D eigenvalue weighted by Crippen LogP contribution is -2.14. The van der Waals surface area contributed by atoms with E-state index in [1.807, 2.05) is 54.6 Å². The van der Waals surface area contributed by atoms with Gasteiger partial charge in [-0.15, -0.1) is 0 Å². The largest absolute Gasteiger partial charge is 0.506 e. The van der Waals surface area contributed by atoms with Gasteiger partial charge in [0.2, 0.25) is 0 Å². The Morgan fingerprint density at radius 3 is 2.27 bits per heavy atom. The molecular weight excluding hydrogens is 416 g/mol. The zero-order valence-corrected chi connectivity index (χ0v) is 18.2. The summed E-state index contributed by atoms with van der Waals surface area (Å²) in [6.07, 6.45) is 1.90. The van der Waals surface area contributed by atoms with Crippen molar-refractivity contribution in [1.29, 1.82) is 0 Å². The van der Waals surface area contributed by atoms with Crippen LogP contribution in [0.3, 0.4) is 0 Å². The van der Waals surface area contributed by atoms with Gasteiger partial charge in [-0.3, -0.25) is 4.79 Å². The number of allylic oxidation sites excluding steroid dienone is 1. The third-order valence-electron chi connectivity index (χ3n) is 6.05. The Morgan fingerprint density at radius 2 is 1.58 bits per heavy atom. The molecule has 1 N–H and O–H groups in total. The molecule has 33 heavy (non-hydrogen) atoms. The van der Waals surface area contributed by atoms with Crippen molar-refractivity contribution in [3.8, 4) is 11.5 Å². The quantitative estimate of drug-likeness (QED) is 0.526. The third-order valence-corrected chi connectivity index (χ3v) is 6.05. The van der Waals surface area contributed by atoms with Crippen molar-refractivity contribution in [1.82, 2.24) is 0 Å². The van der Waals surface area contributed by atoms with Crippen LogP contribution in [0.1, 0.15) is 39.0 Å². The summed E-state index contributed by atoms with van der Waals surface area (Å²) in [5.41, 5.74) is 3.35. The smallest absolute Gasteiger partial charge is 0.199 e. The van der Waals surface area contributed by atoms with E-state index in [1.165, 1.54) is 0 Å². The number of Topliss-reactive ketones (excluding diaryl/α,β-unsaturated/α-hetero) is 1. The van der Waals surface area contributed by atoms with Crippen LogP contribution in [0, 0.1) is 0 Å². The van der Waals surface area contributed by atoms with Crippen molar-refractivity contribution in [2.45, 2.75) is 12.0 Å². The highest BCUT2D eigenvalue weighted by Crippen LogP contribution is 2.47. The molecular formula is C27H22N2O4. The number of ether oxygens (including phenoxy) is 2. The maximum atomic E-state index is 13.1. The molecule has 0 saturated carbocycles. The van der Waals surface area contributed by atoms with E-state index in [4.69, 9.17) is 9.47 Å². The van der Waals surface area contributed by atoms with Crippen molar-refractivity contribution in [3.63, 3.8) is 0 Å². The molecule has 3 aromatic rings. The molecule has 0 spiro atoms. The molecule has 0 bridgehead atoms. The SMILES string of the molecule is COc1cccc(C2N=NC(C3=C(O)c4ccccc4C3=O)=CC2c2ccccc2)c1OC. The number of azo groups is 1. The Kier molecular flexibility index (Phi) is 5.26. The van der Waals surface area contributed by atoms with E-state index in [-0.39, 0.29) is 23.0 Å². The number of carbonyl (C=O) groups is 1. The standard InChI is InChI=1S/C27H22N2O4/c1-32-22-14-8-13-19(27(22)33-2)24-20(16-9-4-3-5-10-16)15-21(28-29-24)23-25(30)17-11-6-7-12-18(17)26(23)31/h3-15,20,24,30H,1-2H3. The first-order chi connectivity index (χ1) is 16.1. The van der Waals surface area contributed by atoms with Crippen molar-refractivity contribution in [2.75, 3.05) is 14.2 Å². The van der Waals surface area contributed by atoms with Gasteiger partial charge in [0.05, 0.1) is 25.5 Å². The Hall–Kier alpha value is -4.19. The number of fused-ring (bicyclic) bond motifs is 1. The van der Waals surface area contributed by atoms with Crippen LogP contribution in [-0.2, 0) is 0 Å². The molecule has 6 nitrogen and oxygen atoms in total. The highest BCUT2D eigenvalue weighted by atomic mass is 16.5. The zero-order valence-electron chi connectivity index (χ0n) is 18.2. The first kappa shape index (κ1) is 20.7. The predicted molar refractivity (Wildman–Crippen MR) is 125 cm³/mol. The molecule has 1 aliphatic heterocycles. The average Bonchev–Trinajstić information content (AvgIpc) is 3.13. The molecule has 0 aromatic heterocycles. The first-order valence-electron chi connectivity index (χ1n) is 10.6. The number of hydrogen-bond acceptors (Lipinski definition) is 6. The molecule has 2 atom stereocenters. The molecule has 2 unspecified atom stereocenters. The minimum Gasteiger partial charge on any atom is -0.506 e. The maximum Gasteiger partial charge on any atom is 0.199 e. The second-order valence-electron chi connectivity index (χ2n) is 7.83. The fourth-order valence-corrected chi connectivity index (χ4v) is 4.48. The lowest BCUT2D eigenvalue weighted by Gasteiger charge is -2.27. The molecule has 3 aromatic carbocycles. The number of benzene rings is 3. The van der Waals surface area contributed by atoms with E-state index in [1.54, 1.807) is 38.5 Å². The summed E-state index contributed by atoms with van der Waals surface area (Å²) in [5, 5.41) is 19.9. The number of carbonyl (C=O) groups excluding carboxylic acids is 1. The first-order valence-corrected chi connectivity index (χ1v) is 10.6. The number of hydrogen-bond donors (Lipinski definition) is 1. The summed E-state index contributed by atoms with van der Waals surface area (Å²) >= 11 is 0. The molecule has 0 radical (unpaired) electrons. The number of aliphatic hydroxyl groups is 1. The van der Waals surface area contributed by atoms with Crippen molar-refractivity contribution < 1.29 is 19.4 Å². The van der Waals surface area contributed by atoms with Gasteiger partial charge < -0.3 is 14.6 Å². The van der Waals surface area contributed by atoms with Crippen LogP contribution >= 0.6 is 0 Å². The highest BCUT2D eigenvalue weighted by Gasteiger charge is 2.36. The summed E-state index contributed by atoms with van der Waals surface area (Å²) in [7, 11) is 3.19. The van der Waals surface area contributed by atoms with Gasteiger partial charge in [0, 0.05) is 22.6 Å². The Morgan fingerprint density at radius 1 is 0.848 bits per heavy atom. The third kappa shape index (κ3) is 3.40. The van der Waals surface area contributed by atoms with Crippen molar-refractivity contribution in [2.24, 2.45) is 10.2 Å². The minimum absolute atomic E-state index is 0.0648. The zero-order chi connectivity index (χ0) is 22.9. The highest BCUT2D eigenvalue weighted by molar-refractivity contribution is 6.22. The molecule has 0 amide bonds. The Balaban J connectivity index is 1.63. The molecule has 0 saturated heterocycles. The van der Waals surface area contributed by atoms with Crippen molar-refractivity contribution in [3.05, 3.63) is 112 Å². The molecule has 1 aliphatic carbocycles. The number of rotatable bonds is 5. The summed E-state index contributed by atoms with van der Waals surface area (Å²) in [6.45, 7) is 0. The van der Waals surface area contributed by atoms with Gasteiger partial charge in [0.25, 0.3) is 0 Å². The second kappa shape index (κ2) is 8.39. The number of nitrogens with zero attached hydrogens (tertiary/aromatic N) is 2. The summed E-state index contributed by atoms with van der Waals surface area (Å²) < 4.78 is 11.1. The van der Waals surface area contributed by atoms with Crippen LogP contribution in [0.2, 0.25) is 0 Å². The molecule has 2 aliphatic rings. The lowest BCUT2D eigenvalue weighted by atomic mass is 9.84. The fraction of sp³-hybridized carbons (Fsp3) is 0.148. The molecule has 0 fully saturated rings. The molecule has 6 heteroatoms. The van der Waals surface area contributed by atoms with E-state index >= 15 is 0 Å². The van der Waals surface area contributed by atoms with Crippen LogP contribution in [0.15, 0.2) is 100 Å². The molecule has 5 rings (SSSR count). The maximum absolute atomic E-state index is 13.1. The van der Waals surface area contributed by atoms with E-state index in [9.17, 15) is 9.90 Å². The number of methoxy groups -OCH3 is 2. The Labute approximate surface area is 191 Å². The van der Waals surface area contributed by atoms with Crippen LogP contribution < -0.4 is 9.47 Å². The van der Waals surface area contributed by atoms with E-state index in [0.717, 1.165) is 11.1 Å². The van der Waals surface area contributed by atoms with Crippen molar-refractivity contribution >= 4 is 11.5 Å². The van der Waals surface area contributed by atoms with E-state index in [0.29, 0.717) is 28.3 Å². The molecule has 164 valence electrons. The average molecular weight is 438 g/mol. The van der Waals surface area contributed by atoms with Gasteiger partial charge in [0.15, 0.2) is 17.3 Å². The van der Waals surface area contributed by atoms with Crippen LogP contribution in [0.4, 0.5) is 0 Å². The minimum atomic E-state index is -0.400. The normalized spacial score (nSPS) is 19.3. The topological polar surface area (TPSA) is 80.5 Å². The van der Waals surface area contributed by atoms with Gasteiger partial charge >= 0.3 is 0 Å². The summed E-state index contributed by atoms with van der Waals surface area (Å²) in [5.74, 6) is 0.640. The van der Waals surface area contributed by atoms with Gasteiger partial charge in [-0.25, -0.2) is 0 Å². The Bertz CT molecular complexity index is 1320.